The molecule has 13 heavy (non-hydrogen) atoms. The van der Waals surface area contributed by atoms with Crippen LogP contribution in [0.1, 0.15) is 12.0 Å². The number of pyridine rings is 1. The van der Waals surface area contributed by atoms with Crippen LogP contribution in [0.2, 0.25) is 0 Å². The third-order valence-corrected chi connectivity index (χ3v) is 2.03. The maximum absolute atomic E-state index is 12.3. The molecule has 0 bridgehead atoms. The number of nitrogens with zero attached hydrogens (tertiary/aromatic N) is 1. The molecule has 0 saturated heterocycles. The zero-order chi connectivity index (χ0) is 10.0. The minimum absolute atomic E-state index is 0.192. The number of hydrogen-bond acceptors (Lipinski definition) is 3. The van der Waals surface area contributed by atoms with Crippen molar-refractivity contribution in [1.29, 1.82) is 0 Å². The van der Waals surface area contributed by atoms with Crippen LogP contribution in [0.3, 0.4) is 0 Å². The topological polar surface area (TPSA) is 48.1 Å². The summed E-state index contributed by atoms with van der Waals surface area (Å²) in [5.74, 6) is 0.0483. The SMILES string of the molecule is COc1cc(C(F)F)c(N)nc1Br. The van der Waals surface area contributed by atoms with Crippen molar-refractivity contribution in [3.8, 4) is 5.75 Å². The van der Waals surface area contributed by atoms with E-state index in [4.69, 9.17) is 10.5 Å². The first kappa shape index (κ1) is 10.2. The lowest BCUT2D eigenvalue weighted by Gasteiger charge is -2.07. The van der Waals surface area contributed by atoms with Crippen LogP contribution in [-0.4, -0.2) is 12.1 Å². The Bertz CT molecular complexity index is 320. The van der Waals surface area contributed by atoms with E-state index in [2.05, 4.69) is 20.9 Å². The average Bonchev–Trinajstić information content (AvgIpc) is 2.03. The van der Waals surface area contributed by atoms with E-state index in [-0.39, 0.29) is 17.1 Å². The molecule has 0 aliphatic heterocycles. The maximum atomic E-state index is 12.3. The number of halogens is 3. The van der Waals surface area contributed by atoms with Gasteiger partial charge in [0.25, 0.3) is 6.43 Å². The largest absolute Gasteiger partial charge is 0.494 e. The molecule has 6 heteroatoms. The minimum atomic E-state index is -2.64. The molecule has 1 heterocycles. The Labute approximate surface area is 82.0 Å². The standard InChI is InChI=1S/C7H7BrF2N2O/c1-13-4-2-3(6(9)10)7(11)12-5(4)8/h2,6H,1H3,(H2,11,12). The fourth-order valence-corrected chi connectivity index (χ4v) is 1.29. The first-order chi connectivity index (χ1) is 6.06. The molecule has 1 rings (SSSR count). The highest BCUT2D eigenvalue weighted by atomic mass is 79.9. The van der Waals surface area contributed by atoms with Gasteiger partial charge in [-0.05, 0) is 22.0 Å². The highest BCUT2D eigenvalue weighted by molar-refractivity contribution is 9.10. The third-order valence-electron chi connectivity index (χ3n) is 1.46. The quantitative estimate of drug-likeness (QED) is 0.823. The van der Waals surface area contributed by atoms with E-state index in [0.717, 1.165) is 6.07 Å². The van der Waals surface area contributed by atoms with Gasteiger partial charge in [0.1, 0.15) is 10.4 Å². The monoisotopic (exact) mass is 252 g/mol. The van der Waals surface area contributed by atoms with Gasteiger partial charge in [-0.3, -0.25) is 0 Å². The molecule has 0 unspecified atom stereocenters. The van der Waals surface area contributed by atoms with Crippen LogP contribution in [0, 0.1) is 0 Å². The minimum Gasteiger partial charge on any atom is -0.494 e. The van der Waals surface area contributed by atoms with Gasteiger partial charge < -0.3 is 10.5 Å². The normalized spacial score (nSPS) is 10.5. The van der Waals surface area contributed by atoms with E-state index < -0.39 is 6.43 Å². The molecule has 0 atom stereocenters. The zero-order valence-electron chi connectivity index (χ0n) is 6.72. The molecule has 0 fully saturated rings. The molecule has 72 valence electrons. The molecular weight excluding hydrogens is 246 g/mol. The molecule has 0 saturated carbocycles. The smallest absolute Gasteiger partial charge is 0.267 e. The van der Waals surface area contributed by atoms with Crippen LogP contribution in [0.4, 0.5) is 14.6 Å². The Morgan fingerprint density at radius 1 is 1.62 bits per heavy atom. The highest BCUT2D eigenvalue weighted by Gasteiger charge is 2.15. The number of alkyl halides is 2. The molecule has 0 radical (unpaired) electrons. The lowest BCUT2D eigenvalue weighted by Crippen LogP contribution is -2.00. The second kappa shape index (κ2) is 3.87. The summed E-state index contributed by atoms with van der Waals surface area (Å²) in [6.07, 6.45) is -2.64. The second-order valence-electron chi connectivity index (χ2n) is 2.26. The van der Waals surface area contributed by atoms with E-state index in [9.17, 15) is 8.78 Å². The van der Waals surface area contributed by atoms with Crippen molar-refractivity contribution < 1.29 is 13.5 Å². The van der Waals surface area contributed by atoms with Crippen LogP contribution in [0.5, 0.6) is 5.75 Å². The average molecular weight is 253 g/mol. The number of anilines is 1. The fourth-order valence-electron chi connectivity index (χ4n) is 0.818. The van der Waals surface area contributed by atoms with E-state index >= 15 is 0 Å². The number of nitrogen functional groups attached to an aromatic ring is 1. The molecule has 0 spiro atoms. The van der Waals surface area contributed by atoms with Gasteiger partial charge in [-0.2, -0.15) is 0 Å². The highest BCUT2D eigenvalue weighted by Crippen LogP contribution is 2.31. The van der Waals surface area contributed by atoms with Gasteiger partial charge in [0.05, 0.1) is 12.7 Å². The summed E-state index contributed by atoms with van der Waals surface area (Å²) in [6, 6.07) is 1.16. The van der Waals surface area contributed by atoms with E-state index in [1.165, 1.54) is 7.11 Å². The van der Waals surface area contributed by atoms with Gasteiger partial charge in [0.15, 0.2) is 5.75 Å². The summed E-state index contributed by atoms with van der Waals surface area (Å²) < 4.78 is 29.7. The van der Waals surface area contributed by atoms with E-state index in [0.29, 0.717) is 4.60 Å². The zero-order valence-corrected chi connectivity index (χ0v) is 8.31. The summed E-state index contributed by atoms with van der Waals surface area (Å²) in [5.41, 5.74) is 4.95. The van der Waals surface area contributed by atoms with Gasteiger partial charge in [0.2, 0.25) is 0 Å². The Kier molecular flexibility index (Phi) is 3.02. The maximum Gasteiger partial charge on any atom is 0.267 e. The fraction of sp³-hybridized carbons (Fsp3) is 0.286. The summed E-state index contributed by atoms with van der Waals surface area (Å²) in [5, 5.41) is 0. The predicted molar refractivity (Wildman–Crippen MR) is 47.9 cm³/mol. The lowest BCUT2D eigenvalue weighted by atomic mass is 10.2. The van der Waals surface area contributed by atoms with Gasteiger partial charge in [0, 0.05) is 0 Å². The van der Waals surface area contributed by atoms with Crippen molar-refractivity contribution in [3.63, 3.8) is 0 Å². The van der Waals surface area contributed by atoms with Crippen LogP contribution < -0.4 is 10.5 Å². The van der Waals surface area contributed by atoms with E-state index in [1.807, 2.05) is 0 Å². The van der Waals surface area contributed by atoms with Gasteiger partial charge >= 0.3 is 0 Å². The Morgan fingerprint density at radius 3 is 2.69 bits per heavy atom. The molecule has 1 aromatic rings. The van der Waals surface area contributed by atoms with Crippen molar-refractivity contribution in [2.24, 2.45) is 0 Å². The molecular formula is C7H7BrF2N2O. The van der Waals surface area contributed by atoms with Crippen LogP contribution in [-0.2, 0) is 0 Å². The van der Waals surface area contributed by atoms with Crippen LogP contribution in [0.15, 0.2) is 10.7 Å². The molecule has 0 aromatic carbocycles. The molecule has 0 aliphatic carbocycles. The number of hydrogen-bond donors (Lipinski definition) is 1. The summed E-state index contributed by atoms with van der Waals surface area (Å²) in [4.78, 5) is 3.66. The third kappa shape index (κ3) is 2.06. The first-order valence-corrected chi connectivity index (χ1v) is 4.13. The van der Waals surface area contributed by atoms with Crippen molar-refractivity contribution in [2.75, 3.05) is 12.8 Å². The summed E-state index contributed by atoms with van der Waals surface area (Å²) >= 11 is 3.03. The number of methoxy groups -OCH3 is 1. The van der Waals surface area contributed by atoms with Crippen molar-refractivity contribution in [3.05, 3.63) is 16.2 Å². The summed E-state index contributed by atoms with van der Waals surface area (Å²) in [6.45, 7) is 0. The Morgan fingerprint density at radius 2 is 2.23 bits per heavy atom. The van der Waals surface area contributed by atoms with Gasteiger partial charge in [-0.25, -0.2) is 13.8 Å². The second-order valence-corrected chi connectivity index (χ2v) is 3.01. The lowest BCUT2D eigenvalue weighted by molar-refractivity contribution is 0.151. The molecule has 2 N–H and O–H groups in total. The molecule has 0 amide bonds. The van der Waals surface area contributed by atoms with Crippen LogP contribution in [0.25, 0.3) is 0 Å². The van der Waals surface area contributed by atoms with Gasteiger partial charge in [-0.1, -0.05) is 0 Å². The summed E-state index contributed by atoms with van der Waals surface area (Å²) in [7, 11) is 1.37. The molecule has 3 nitrogen and oxygen atoms in total. The number of aromatic nitrogens is 1. The number of nitrogens with two attached hydrogens (primary N) is 1. The Hall–Kier alpha value is -0.910. The molecule has 0 aliphatic rings. The Balaban J connectivity index is 3.22. The van der Waals surface area contributed by atoms with Crippen molar-refractivity contribution in [2.45, 2.75) is 6.43 Å². The van der Waals surface area contributed by atoms with Crippen LogP contribution >= 0.6 is 15.9 Å². The predicted octanol–water partition coefficient (Wildman–Crippen LogP) is 2.37. The first-order valence-electron chi connectivity index (χ1n) is 3.34. The van der Waals surface area contributed by atoms with Gasteiger partial charge in [-0.15, -0.1) is 0 Å². The van der Waals surface area contributed by atoms with Crippen molar-refractivity contribution >= 4 is 21.7 Å². The molecule has 1 aromatic heterocycles. The number of rotatable bonds is 2. The number of ether oxygens (including phenoxy) is 1. The van der Waals surface area contributed by atoms with Crippen molar-refractivity contribution in [1.82, 2.24) is 4.98 Å². The van der Waals surface area contributed by atoms with E-state index in [1.54, 1.807) is 0 Å².